The predicted molar refractivity (Wildman–Crippen MR) is 91.7 cm³/mol. The first-order valence-corrected chi connectivity index (χ1v) is 8.98. The minimum atomic E-state index is -0.854. The number of thiazole rings is 2. The monoisotopic (exact) mass is 350 g/mol. The fourth-order valence-electron chi connectivity index (χ4n) is 2.48. The third-order valence-electron chi connectivity index (χ3n) is 3.42. The van der Waals surface area contributed by atoms with Crippen LogP contribution in [0.5, 0.6) is 0 Å². The van der Waals surface area contributed by atoms with Gasteiger partial charge >= 0.3 is 0 Å². The Morgan fingerprint density at radius 1 is 0.909 bits per heavy atom. The summed E-state index contributed by atoms with van der Waals surface area (Å²) in [6, 6.07) is 7.65. The second-order valence-corrected chi connectivity index (χ2v) is 7.69. The Balaban J connectivity index is 1.82. The van der Waals surface area contributed by atoms with Gasteiger partial charge in [-0.2, -0.15) is 0 Å². The van der Waals surface area contributed by atoms with E-state index < -0.39 is 5.60 Å². The molecule has 0 amide bonds. The molecule has 0 aliphatic heterocycles. The van der Waals surface area contributed by atoms with Crippen molar-refractivity contribution < 1.29 is 5.11 Å². The summed E-state index contributed by atoms with van der Waals surface area (Å²) in [7, 11) is 0. The Hall–Kier alpha value is -1.27. The number of hydrogen-bond donors (Lipinski definition) is 1. The molecule has 2 heterocycles. The average Bonchev–Trinajstić information content (AvgIpc) is 3.15. The summed E-state index contributed by atoms with van der Waals surface area (Å²) in [4.78, 5) is 10.4. The molecule has 0 aliphatic rings. The molecule has 3 aromatic rings. The molecule has 0 saturated heterocycles. The van der Waals surface area contributed by atoms with Gasteiger partial charge < -0.3 is 5.11 Å². The van der Waals surface area contributed by atoms with Gasteiger partial charge in [0.25, 0.3) is 0 Å². The van der Waals surface area contributed by atoms with E-state index in [0.29, 0.717) is 24.3 Å². The molecule has 1 N–H and O–H groups in total. The van der Waals surface area contributed by atoms with Crippen LogP contribution in [0.3, 0.4) is 0 Å². The summed E-state index contributed by atoms with van der Waals surface area (Å²) in [5.41, 5.74) is 3.81. The van der Waals surface area contributed by atoms with E-state index >= 15 is 0 Å². The lowest BCUT2D eigenvalue weighted by atomic mass is 9.87. The van der Waals surface area contributed by atoms with Gasteiger partial charge in [0.1, 0.15) is 0 Å². The minimum absolute atomic E-state index is 0.569. The largest absolute Gasteiger partial charge is 0.389 e. The third-order valence-corrected chi connectivity index (χ3v) is 5.23. The summed E-state index contributed by atoms with van der Waals surface area (Å²) < 4.78 is 0. The van der Waals surface area contributed by atoms with Gasteiger partial charge in [0.05, 0.1) is 16.6 Å². The SMILES string of the molecule is OC(Cc1ccc(Cl)cc1)(Cc1cncs1)Cc1cncs1. The van der Waals surface area contributed by atoms with Crippen molar-refractivity contribution in [3.63, 3.8) is 0 Å². The van der Waals surface area contributed by atoms with E-state index in [1.165, 1.54) is 0 Å². The summed E-state index contributed by atoms with van der Waals surface area (Å²) in [6.07, 6.45) is 5.38. The minimum Gasteiger partial charge on any atom is -0.389 e. The second-order valence-electron chi connectivity index (χ2n) is 5.32. The van der Waals surface area contributed by atoms with Crippen molar-refractivity contribution >= 4 is 34.3 Å². The van der Waals surface area contributed by atoms with Gasteiger partial charge in [0.2, 0.25) is 0 Å². The van der Waals surface area contributed by atoms with Crippen molar-refractivity contribution in [1.82, 2.24) is 9.97 Å². The highest BCUT2D eigenvalue weighted by Gasteiger charge is 2.29. The summed E-state index contributed by atoms with van der Waals surface area (Å²) in [5.74, 6) is 0. The van der Waals surface area contributed by atoms with Crippen LogP contribution < -0.4 is 0 Å². The zero-order valence-electron chi connectivity index (χ0n) is 11.8. The standard InChI is InChI=1S/C16H15ClN2OS2/c17-13-3-1-12(2-4-13)5-16(20,6-14-8-18-10-21-14)7-15-9-19-11-22-15/h1-4,8-11,20H,5-7H2. The van der Waals surface area contributed by atoms with Crippen molar-refractivity contribution in [1.29, 1.82) is 0 Å². The highest BCUT2D eigenvalue weighted by Crippen LogP contribution is 2.27. The molecule has 3 nitrogen and oxygen atoms in total. The van der Waals surface area contributed by atoms with Crippen molar-refractivity contribution in [2.75, 3.05) is 0 Å². The Bertz CT molecular complexity index is 660. The quantitative estimate of drug-likeness (QED) is 0.730. The van der Waals surface area contributed by atoms with Crippen LogP contribution in [-0.4, -0.2) is 20.7 Å². The molecule has 0 saturated carbocycles. The van der Waals surface area contributed by atoms with Gasteiger partial charge in [0, 0.05) is 46.4 Å². The Labute approximate surface area is 142 Å². The van der Waals surface area contributed by atoms with Crippen LogP contribution in [0, 0.1) is 0 Å². The lowest BCUT2D eigenvalue weighted by Gasteiger charge is -2.27. The lowest BCUT2D eigenvalue weighted by molar-refractivity contribution is 0.0426. The number of rotatable bonds is 6. The maximum atomic E-state index is 11.2. The van der Waals surface area contributed by atoms with Gasteiger partial charge in [-0.25, -0.2) is 0 Å². The van der Waals surface area contributed by atoms with E-state index in [1.807, 2.05) is 36.7 Å². The van der Waals surface area contributed by atoms with Crippen LogP contribution in [0.1, 0.15) is 15.3 Å². The van der Waals surface area contributed by atoms with Crippen molar-refractivity contribution in [3.8, 4) is 0 Å². The molecular formula is C16H15ClN2OS2. The van der Waals surface area contributed by atoms with Crippen molar-refractivity contribution in [3.05, 3.63) is 68.0 Å². The smallest absolute Gasteiger partial charge is 0.0794 e. The predicted octanol–water partition coefficient (Wildman–Crippen LogP) is 4.01. The highest BCUT2D eigenvalue weighted by atomic mass is 35.5. The highest BCUT2D eigenvalue weighted by molar-refractivity contribution is 7.09. The first-order chi connectivity index (χ1) is 10.6. The van der Waals surface area contributed by atoms with E-state index in [0.717, 1.165) is 15.3 Å². The number of benzene rings is 1. The van der Waals surface area contributed by atoms with E-state index in [9.17, 15) is 5.11 Å². The molecule has 0 fully saturated rings. The molecule has 3 rings (SSSR count). The van der Waals surface area contributed by atoms with Gasteiger partial charge in [-0.1, -0.05) is 23.7 Å². The summed E-state index contributed by atoms with van der Waals surface area (Å²) in [6.45, 7) is 0. The van der Waals surface area contributed by atoms with Gasteiger partial charge in [-0.15, -0.1) is 22.7 Å². The van der Waals surface area contributed by atoms with Crippen LogP contribution >= 0.6 is 34.3 Å². The van der Waals surface area contributed by atoms with Crippen LogP contribution in [0.2, 0.25) is 5.02 Å². The van der Waals surface area contributed by atoms with E-state index in [2.05, 4.69) is 9.97 Å². The van der Waals surface area contributed by atoms with Crippen molar-refractivity contribution in [2.45, 2.75) is 24.9 Å². The van der Waals surface area contributed by atoms with Gasteiger partial charge in [-0.3, -0.25) is 9.97 Å². The van der Waals surface area contributed by atoms with Crippen LogP contribution in [0.4, 0.5) is 0 Å². The zero-order chi connectivity index (χ0) is 15.4. The Kier molecular flexibility index (Phi) is 4.88. The molecule has 2 aromatic heterocycles. The zero-order valence-corrected chi connectivity index (χ0v) is 14.2. The fourth-order valence-corrected chi connectivity index (χ4v) is 4.06. The molecule has 0 spiro atoms. The van der Waals surface area contributed by atoms with Crippen molar-refractivity contribution in [2.24, 2.45) is 0 Å². The molecule has 0 radical (unpaired) electrons. The summed E-state index contributed by atoms with van der Waals surface area (Å²) in [5, 5.41) is 11.9. The molecule has 0 unspecified atom stereocenters. The number of aromatic nitrogens is 2. The topological polar surface area (TPSA) is 46.0 Å². The Morgan fingerprint density at radius 3 is 1.91 bits per heavy atom. The molecule has 0 atom stereocenters. The maximum Gasteiger partial charge on any atom is 0.0794 e. The third kappa shape index (κ3) is 4.14. The molecule has 22 heavy (non-hydrogen) atoms. The van der Waals surface area contributed by atoms with Gasteiger partial charge in [0.15, 0.2) is 0 Å². The van der Waals surface area contributed by atoms with E-state index in [-0.39, 0.29) is 0 Å². The van der Waals surface area contributed by atoms with Crippen LogP contribution in [-0.2, 0) is 19.3 Å². The molecule has 0 aliphatic carbocycles. The summed E-state index contributed by atoms with van der Waals surface area (Å²) >= 11 is 9.08. The normalized spacial score (nSPS) is 11.7. The van der Waals surface area contributed by atoms with Crippen LogP contribution in [0.15, 0.2) is 47.7 Å². The second kappa shape index (κ2) is 6.87. The van der Waals surface area contributed by atoms with E-state index in [4.69, 9.17) is 11.6 Å². The van der Waals surface area contributed by atoms with E-state index in [1.54, 1.807) is 33.7 Å². The van der Waals surface area contributed by atoms with Crippen LogP contribution in [0.25, 0.3) is 0 Å². The molecule has 114 valence electrons. The number of aliphatic hydroxyl groups is 1. The maximum absolute atomic E-state index is 11.2. The number of halogens is 1. The first kappa shape index (κ1) is 15.6. The molecule has 0 bridgehead atoms. The molecule has 6 heteroatoms. The fraction of sp³-hybridized carbons (Fsp3) is 0.250. The van der Waals surface area contributed by atoms with Gasteiger partial charge in [-0.05, 0) is 17.7 Å². The molecular weight excluding hydrogens is 336 g/mol. The average molecular weight is 351 g/mol. The Morgan fingerprint density at radius 2 is 1.45 bits per heavy atom. The number of nitrogens with zero attached hydrogens (tertiary/aromatic N) is 2. The molecule has 1 aromatic carbocycles. The number of hydrogen-bond acceptors (Lipinski definition) is 5. The first-order valence-electron chi connectivity index (χ1n) is 6.85. The lowest BCUT2D eigenvalue weighted by Crippen LogP contribution is -2.36.